The van der Waals surface area contributed by atoms with E-state index in [1.807, 2.05) is 24.3 Å². The Hall–Kier alpha value is -3.30. The van der Waals surface area contributed by atoms with E-state index < -0.39 is 24.5 Å². The topological polar surface area (TPSA) is 107 Å². The molecular weight excluding hydrogens is 382 g/mol. The Labute approximate surface area is 164 Å². The standard InChI is InChI=1S/C19H17N3O5S/c23-16(22-19(25)20-13-6-2-1-3-7-13)10-27-18(24)12-26-11-17-21-14-8-4-5-9-15(14)28-17/h1-9H,10-12H2,(H2,20,22,23,25). The Morgan fingerprint density at radius 1 is 0.964 bits per heavy atom. The number of para-hydroxylation sites is 2. The molecule has 2 N–H and O–H groups in total. The molecule has 8 nitrogen and oxygen atoms in total. The second kappa shape index (κ2) is 9.58. The zero-order valence-corrected chi connectivity index (χ0v) is 15.5. The smallest absolute Gasteiger partial charge is 0.332 e. The number of aromatic nitrogens is 1. The van der Waals surface area contributed by atoms with Crippen molar-refractivity contribution in [3.8, 4) is 0 Å². The number of ether oxygens (including phenoxy) is 2. The molecule has 0 fully saturated rings. The number of benzene rings is 2. The summed E-state index contributed by atoms with van der Waals surface area (Å²) in [5.41, 5.74) is 1.41. The molecule has 0 unspecified atom stereocenters. The number of urea groups is 1. The number of nitrogens with zero attached hydrogens (tertiary/aromatic N) is 1. The lowest BCUT2D eigenvalue weighted by Gasteiger charge is -2.07. The summed E-state index contributed by atoms with van der Waals surface area (Å²) in [4.78, 5) is 39.3. The van der Waals surface area contributed by atoms with E-state index in [-0.39, 0.29) is 13.2 Å². The Kier molecular flexibility index (Phi) is 6.66. The van der Waals surface area contributed by atoms with Gasteiger partial charge in [0.25, 0.3) is 5.91 Å². The number of anilines is 1. The van der Waals surface area contributed by atoms with Crippen molar-refractivity contribution in [3.05, 3.63) is 59.6 Å². The molecule has 1 heterocycles. The monoisotopic (exact) mass is 399 g/mol. The summed E-state index contributed by atoms with van der Waals surface area (Å²) in [5, 5.41) is 5.29. The summed E-state index contributed by atoms with van der Waals surface area (Å²) in [6.45, 7) is -0.731. The van der Waals surface area contributed by atoms with Crippen LogP contribution in [0.25, 0.3) is 10.2 Å². The van der Waals surface area contributed by atoms with Crippen LogP contribution in [0.1, 0.15) is 5.01 Å². The molecule has 9 heteroatoms. The van der Waals surface area contributed by atoms with Gasteiger partial charge in [0.1, 0.15) is 11.6 Å². The summed E-state index contributed by atoms with van der Waals surface area (Å²) in [5.74, 6) is -1.45. The molecule has 0 spiro atoms. The van der Waals surface area contributed by atoms with Crippen LogP contribution >= 0.6 is 11.3 Å². The van der Waals surface area contributed by atoms with Crippen LogP contribution in [0.4, 0.5) is 10.5 Å². The second-order valence-corrected chi connectivity index (χ2v) is 6.71. The van der Waals surface area contributed by atoms with Crippen LogP contribution in [0.5, 0.6) is 0 Å². The van der Waals surface area contributed by atoms with Gasteiger partial charge >= 0.3 is 12.0 Å². The molecule has 0 aliphatic heterocycles. The van der Waals surface area contributed by atoms with Crippen LogP contribution in [0.15, 0.2) is 54.6 Å². The molecule has 1 aromatic heterocycles. The summed E-state index contributed by atoms with van der Waals surface area (Å²) in [7, 11) is 0. The van der Waals surface area contributed by atoms with E-state index in [9.17, 15) is 14.4 Å². The molecule has 0 bridgehead atoms. The van der Waals surface area contributed by atoms with E-state index in [0.29, 0.717) is 5.69 Å². The molecule has 0 radical (unpaired) electrons. The molecule has 0 aliphatic rings. The fourth-order valence-corrected chi connectivity index (χ4v) is 3.14. The second-order valence-electron chi connectivity index (χ2n) is 5.60. The highest BCUT2D eigenvalue weighted by Crippen LogP contribution is 2.21. The minimum absolute atomic E-state index is 0.167. The predicted octanol–water partition coefficient (Wildman–Crippen LogP) is 2.70. The maximum absolute atomic E-state index is 11.7. The van der Waals surface area contributed by atoms with E-state index in [1.165, 1.54) is 11.3 Å². The average Bonchev–Trinajstić information content (AvgIpc) is 3.10. The Bertz CT molecular complexity index is 941. The fourth-order valence-electron chi connectivity index (χ4n) is 2.24. The largest absolute Gasteiger partial charge is 0.454 e. The van der Waals surface area contributed by atoms with E-state index in [1.54, 1.807) is 30.3 Å². The van der Waals surface area contributed by atoms with Gasteiger partial charge in [-0.15, -0.1) is 11.3 Å². The number of rotatable bonds is 7. The van der Waals surface area contributed by atoms with E-state index in [0.717, 1.165) is 15.2 Å². The molecule has 2 aromatic carbocycles. The molecule has 0 saturated heterocycles. The minimum Gasteiger partial charge on any atom is -0.454 e. The first-order valence-electron chi connectivity index (χ1n) is 8.34. The summed E-state index contributed by atoms with van der Waals surface area (Å²) >= 11 is 1.48. The first-order valence-corrected chi connectivity index (χ1v) is 9.15. The quantitative estimate of drug-likeness (QED) is 0.592. The molecule has 3 rings (SSSR count). The lowest BCUT2D eigenvalue weighted by molar-refractivity contribution is -0.153. The van der Waals surface area contributed by atoms with Crippen LogP contribution in [0.2, 0.25) is 0 Å². The van der Waals surface area contributed by atoms with Crippen LogP contribution in [0, 0.1) is 0 Å². The maximum Gasteiger partial charge on any atom is 0.332 e. The zero-order valence-electron chi connectivity index (χ0n) is 14.7. The molecular formula is C19H17N3O5S. The number of amides is 3. The van der Waals surface area contributed by atoms with Crippen molar-refractivity contribution in [2.75, 3.05) is 18.5 Å². The first-order chi connectivity index (χ1) is 13.6. The van der Waals surface area contributed by atoms with Gasteiger partial charge in [0.2, 0.25) is 0 Å². The highest BCUT2D eigenvalue weighted by Gasteiger charge is 2.12. The third-order valence-corrected chi connectivity index (χ3v) is 4.44. The average molecular weight is 399 g/mol. The molecule has 0 saturated carbocycles. The van der Waals surface area contributed by atoms with E-state index in [4.69, 9.17) is 9.47 Å². The van der Waals surface area contributed by atoms with Gasteiger partial charge in [0.05, 0.1) is 16.8 Å². The van der Waals surface area contributed by atoms with Crippen molar-refractivity contribution in [2.24, 2.45) is 0 Å². The van der Waals surface area contributed by atoms with Gasteiger partial charge in [0, 0.05) is 5.69 Å². The van der Waals surface area contributed by atoms with Crippen LogP contribution in [-0.4, -0.2) is 36.1 Å². The molecule has 28 heavy (non-hydrogen) atoms. The van der Waals surface area contributed by atoms with Gasteiger partial charge in [-0.3, -0.25) is 10.1 Å². The van der Waals surface area contributed by atoms with Crippen molar-refractivity contribution in [3.63, 3.8) is 0 Å². The van der Waals surface area contributed by atoms with Gasteiger partial charge in [-0.25, -0.2) is 14.6 Å². The highest BCUT2D eigenvalue weighted by atomic mass is 32.1. The number of hydrogen-bond donors (Lipinski definition) is 2. The van der Waals surface area contributed by atoms with Crippen molar-refractivity contribution in [1.29, 1.82) is 0 Å². The lowest BCUT2D eigenvalue weighted by Crippen LogP contribution is -2.37. The van der Waals surface area contributed by atoms with Gasteiger partial charge in [-0.1, -0.05) is 30.3 Å². The van der Waals surface area contributed by atoms with Gasteiger partial charge < -0.3 is 14.8 Å². The fraction of sp³-hybridized carbons (Fsp3) is 0.158. The van der Waals surface area contributed by atoms with Gasteiger partial charge in [0.15, 0.2) is 6.61 Å². The number of esters is 1. The van der Waals surface area contributed by atoms with Crippen molar-refractivity contribution < 1.29 is 23.9 Å². The molecule has 144 valence electrons. The predicted molar refractivity (Wildman–Crippen MR) is 104 cm³/mol. The number of thiazole rings is 1. The Balaban J connectivity index is 1.33. The third kappa shape index (κ3) is 5.86. The number of carbonyl (C=O) groups is 3. The molecule has 3 aromatic rings. The normalized spacial score (nSPS) is 10.4. The van der Waals surface area contributed by atoms with Gasteiger partial charge in [-0.2, -0.15) is 0 Å². The van der Waals surface area contributed by atoms with Crippen LogP contribution in [-0.2, 0) is 25.7 Å². The molecule has 3 amide bonds. The Morgan fingerprint density at radius 2 is 1.71 bits per heavy atom. The van der Waals surface area contributed by atoms with E-state index in [2.05, 4.69) is 15.6 Å². The van der Waals surface area contributed by atoms with Crippen molar-refractivity contribution in [1.82, 2.24) is 10.3 Å². The molecule has 0 atom stereocenters. The van der Waals surface area contributed by atoms with Crippen molar-refractivity contribution in [2.45, 2.75) is 6.61 Å². The van der Waals surface area contributed by atoms with Crippen LogP contribution < -0.4 is 10.6 Å². The SMILES string of the molecule is O=C(COC(=O)COCc1nc2ccccc2s1)NC(=O)Nc1ccccc1. The van der Waals surface area contributed by atoms with Crippen molar-refractivity contribution >= 4 is 45.1 Å². The summed E-state index contributed by atoms with van der Waals surface area (Å²) < 4.78 is 11.1. The first kappa shape index (κ1) is 19.5. The highest BCUT2D eigenvalue weighted by molar-refractivity contribution is 7.18. The number of nitrogens with one attached hydrogen (secondary N) is 2. The minimum atomic E-state index is -0.743. The number of imide groups is 1. The maximum atomic E-state index is 11.7. The third-order valence-electron chi connectivity index (χ3n) is 3.43. The molecule has 0 aliphatic carbocycles. The summed E-state index contributed by atoms with van der Waals surface area (Å²) in [6, 6.07) is 15.6. The Morgan fingerprint density at radius 3 is 2.50 bits per heavy atom. The summed E-state index contributed by atoms with van der Waals surface area (Å²) in [6.07, 6.45) is 0. The van der Waals surface area contributed by atoms with E-state index >= 15 is 0 Å². The van der Waals surface area contributed by atoms with Crippen LogP contribution in [0.3, 0.4) is 0 Å². The lowest BCUT2D eigenvalue weighted by atomic mass is 10.3. The number of fused-ring (bicyclic) bond motifs is 1. The van der Waals surface area contributed by atoms with Gasteiger partial charge in [-0.05, 0) is 24.3 Å². The zero-order chi connectivity index (χ0) is 19.8. The number of carbonyl (C=O) groups excluding carboxylic acids is 3. The number of hydrogen-bond acceptors (Lipinski definition) is 7.